The van der Waals surface area contributed by atoms with E-state index in [4.69, 9.17) is 4.42 Å². The normalized spacial score (nSPS) is 10.9. The van der Waals surface area contributed by atoms with E-state index in [9.17, 15) is 30.3 Å². The number of nitrogens with zero attached hydrogens (tertiary/aromatic N) is 3. The number of non-ortho nitro benzene ring substituents is 2. The second kappa shape index (κ2) is 7.98. The van der Waals surface area contributed by atoms with Crippen molar-refractivity contribution in [2.75, 3.05) is 0 Å². The van der Waals surface area contributed by atoms with Gasteiger partial charge >= 0.3 is 0 Å². The Morgan fingerprint density at radius 1 is 0.966 bits per heavy atom. The molecule has 0 fully saturated rings. The molecule has 0 aliphatic rings. The first-order valence-corrected chi connectivity index (χ1v) is 8.14. The Kier molecular flexibility index (Phi) is 5.28. The average molecular weight is 389 g/mol. The predicted molar refractivity (Wildman–Crippen MR) is 102 cm³/mol. The lowest BCUT2D eigenvalue weighted by Gasteiger charge is -2.00. The summed E-state index contributed by atoms with van der Waals surface area (Å²) in [5.41, 5.74) is -0.182. The van der Waals surface area contributed by atoms with Crippen LogP contribution in [0.25, 0.3) is 17.4 Å². The summed E-state index contributed by atoms with van der Waals surface area (Å²) in [6.45, 7) is 0. The zero-order chi connectivity index (χ0) is 21.0. The van der Waals surface area contributed by atoms with Gasteiger partial charge in [-0.15, -0.1) is 0 Å². The summed E-state index contributed by atoms with van der Waals surface area (Å²) in [5.74, 6) is -0.189. The van der Waals surface area contributed by atoms with Crippen molar-refractivity contribution in [2.24, 2.45) is 0 Å². The van der Waals surface area contributed by atoms with Crippen molar-refractivity contribution < 1.29 is 19.1 Å². The second-order valence-corrected chi connectivity index (χ2v) is 5.82. The molecular weight excluding hydrogens is 378 g/mol. The van der Waals surface area contributed by atoms with Gasteiger partial charge in [-0.05, 0) is 12.1 Å². The molecule has 29 heavy (non-hydrogen) atoms. The van der Waals surface area contributed by atoms with Crippen LogP contribution >= 0.6 is 0 Å². The van der Waals surface area contributed by atoms with Crippen molar-refractivity contribution in [3.8, 4) is 17.4 Å². The van der Waals surface area contributed by atoms with Crippen LogP contribution in [0.4, 0.5) is 11.4 Å². The summed E-state index contributed by atoms with van der Waals surface area (Å²) in [6.07, 6.45) is 1.21. The molecule has 0 saturated carbocycles. The topological polar surface area (TPSA) is 140 Å². The Bertz CT molecular complexity index is 1200. The molecule has 0 saturated heterocycles. The molecule has 0 N–H and O–H groups in total. The van der Waals surface area contributed by atoms with Crippen molar-refractivity contribution >= 4 is 23.2 Å². The van der Waals surface area contributed by atoms with Gasteiger partial charge in [-0.25, -0.2) is 0 Å². The van der Waals surface area contributed by atoms with E-state index in [1.54, 1.807) is 18.2 Å². The summed E-state index contributed by atoms with van der Waals surface area (Å²) in [4.78, 5) is 33.1. The molecule has 0 bridgehead atoms. The third kappa shape index (κ3) is 4.23. The summed E-state index contributed by atoms with van der Waals surface area (Å²) in [5, 5.41) is 31.1. The largest absolute Gasteiger partial charge is 0.457 e. The molecule has 0 radical (unpaired) electrons. The lowest BCUT2D eigenvalue weighted by molar-refractivity contribution is -0.385. The fourth-order valence-corrected chi connectivity index (χ4v) is 2.57. The standard InChI is InChI=1S/C20H11N3O6/c21-12-15(20(24)14-4-2-6-17(10-14)23(27)28)11-18-7-8-19(29-18)13-3-1-5-16(9-13)22(25)26/h1-11H. The van der Waals surface area contributed by atoms with Crippen LogP contribution in [0.2, 0.25) is 0 Å². The Hall–Kier alpha value is -4.58. The van der Waals surface area contributed by atoms with Crippen LogP contribution in [0.1, 0.15) is 16.1 Å². The van der Waals surface area contributed by atoms with Crippen molar-refractivity contribution in [3.63, 3.8) is 0 Å². The number of nitriles is 1. The van der Waals surface area contributed by atoms with Gasteiger partial charge in [0.1, 0.15) is 23.2 Å². The highest BCUT2D eigenvalue weighted by molar-refractivity contribution is 6.14. The quantitative estimate of drug-likeness (QED) is 0.198. The molecular formula is C20H11N3O6. The Labute approximate surface area is 163 Å². The summed E-state index contributed by atoms with van der Waals surface area (Å²) in [6, 6.07) is 15.7. The number of carbonyl (C=O) groups excluding carboxylic acids is 1. The zero-order valence-corrected chi connectivity index (χ0v) is 14.6. The van der Waals surface area contributed by atoms with Gasteiger partial charge in [0.25, 0.3) is 11.4 Å². The molecule has 142 valence electrons. The van der Waals surface area contributed by atoms with E-state index in [0.29, 0.717) is 11.3 Å². The lowest BCUT2D eigenvalue weighted by Crippen LogP contribution is -2.02. The van der Waals surface area contributed by atoms with E-state index in [-0.39, 0.29) is 28.3 Å². The molecule has 0 aliphatic carbocycles. The van der Waals surface area contributed by atoms with Crippen LogP contribution in [0, 0.1) is 31.6 Å². The molecule has 1 heterocycles. The number of allylic oxidation sites excluding steroid dienone is 1. The summed E-state index contributed by atoms with van der Waals surface area (Å²) >= 11 is 0. The number of Topliss-reactive ketones (excluding diaryl/α,β-unsaturated/α-hetero) is 1. The minimum atomic E-state index is -0.690. The average Bonchev–Trinajstić information content (AvgIpc) is 3.20. The maximum Gasteiger partial charge on any atom is 0.270 e. The van der Waals surface area contributed by atoms with Crippen LogP contribution in [0.15, 0.2) is 70.7 Å². The first kappa shape index (κ1) is 19.2. The number of benzene rings is 2. The van der Waals surface area contributed by atoms with Crippen LogP contribution in [-0.2, 0) is 0 Å². The van der Waals surface area contributed by atoms with Crippen LogP contribution < -0.4 is 0 Å². The zero-order valence-electron chi connectivity index (χ0n) is 14.6. The minimum Gasteiger partial charge on any atom is -0.457 e. The molecule has 0 unspecified atom stereocenters. The Morgan fingerprint density at radius 2 is 1.62 bits per heavy atom. The molecule has 9 nitrogen and oxygen atoms in total. The third-order valence-corrected chi connectivity index (χ3v) is 3.94. The first-order valence-electron chi connectivity index (χ1n) is 8.14. The maximum atomic E-state index is 12.5. The van der Waals surface area contributed by atoms with Gasteiger partial charge in [0.2, 0.25) is 5.78 Å². The van der Waals surface area contributed by atoms with E-state index >= 15 is 0 Å². The number of ketones is 1. The second-order valence-electron chi connectivity index (χ2n) is 5.82. The highest BCUT2D eigenvalue weighted by Crippen LogP contribution is 2.27. The first-order chi connectivity index (χ1) is 13.9. The molecule has 1 aromatic heterocycles. The van der Waals surface area contributed by atoms with Crippen molar-refractivity contribution in [2.45, 2.75) is 0 Å². The summed E-state index contributed by atoms with van der Waals surface area (Å²) < 4.78 is 5.57. The fraction of sp³-hybridized carbons (Fsp3) is 0. The molecule has 0 amide bonds. The van der Waals surface area contributed by atoms with Crippen molar-refractivity contribution in [3.05, 3.63) is 97.8 Å². The van der Waals surface area contributed by atoms with Gasteiger partial charge in [-0.3, -0.25) is 25.0 Å². The van der Waals surface area contributed by atoms with Gasteiger partial charge in [-0.2, -0.15) is 5.26 Å². The SMILES string of the molecule is N#CC(=Cc1ccc(-c2cccc([N+](=O)[O-])c2)o1)C(=O)c1cccc([N+](=O)[O-])c1. The minimum absolute atomic E-state index is 0.00235. The number of furan rings is 1. The molecule has 3 rings (SSSR count). The van der Waals surface area contributed by atoms with Crippen LogP contribution in [-0.4, -0.2) is 15.6 Å². The van der Waals surface area contributed by atoms with Crippen molar-refractivity contribution in [1.29, 1.82) is 5.26 Å². The highest BCUT2D eigenvalue weighted by atomic mass is 16.6. The molecule has 0 spiro atoms. The molecule has 9 heteroatoms. The number of hydrogen-bond donors (Lipinski definition) is 0. The van der Waals surface area contributed by atoms with Gasteiger partial charge in [-0.1, -0.05) is 24.3 Å². The number of carbonyl (C=O) groups is 1. The predicted octanol–water partition coefficient (Wildman–Crippen LogP) is 4.55. The lowest BCUT2D eigenvalue weighted by atomic mass is 10.0. The highest BCUT2D eigenvalue weighted by Gasteiger charge is 2.17. The number of hydrogen-bond acceptors (Lipinski definition) is 7. The smallest absolute Gasteiger partial charge is 0.270 e. The maximum absolute atomic E-state index is 12.5. The van der Waals surface area contributed by atoms with E-state index in [2.05, 4.69) is 0 Å². The molecule has 2 aromatic carbocycles. The summed E-state index contributed by atoms with van der Waals surface area (Å²) in [7, 11) is 0. The van der Waals surface area contributed by atoms with E-state index in [1.807, 2.05) is 0 Å². The number of nitro groups is 2. The van der Waals surface area contributed by atoms with Gasteiger partial charge in [0.05, 0.1) is 9.85 Å². The monoisotopic (exact) mass is 389 g/mol. The van der Waals surface area contributed by atoms with Gasteiger partial charge < -0.3 is 4.42 Å². The van der Waals surface area contributed by atoms with E-state index in [1.165, 1.54) is 48.5 Å². The van der Waals surface area contributed by atoms with E-state index in [0.717, 1.165) is 6.07 Å². The van der Waals surface area contributed by atoms with Gasteiger partial charge in [0, 0.05) is 41.5 Å². The molecule has 0 aliphatic heterocycles. The number of rotatable bonds is 6. The Morgan fingerprint density at radius 3 is 2.28 bits per heavy atom. The van der Waals surface area contributed by atoms with Crippen LogP contribution in [0.5, 0.6) is 0 Å². The van der Waals surface area contributed by atoms with Crippen molar-refractivity contribution in [1.82, 2.24) is 0 Å². The third-order valence-electron chi connectivity index (χ3n) is 3.94. The number of nitro benzene ring substituents is 2. The molecule has 0 atom stereocenters. The Balaban J connectivity index is 1.91. The fourth-order valence-electron chi connectivity index (χ4n) is 2.57. The van der Waals surface area contributed by atoms with Gasteiger partial charge in [0.15, 0.2) is 0 Å². The van der Waals surface area contributed by atoms with E-state index < -0.39 is 15.6 Å². The van der Waals surface area contributed by atoms with Crippen LogP contribution in [0.3, 0.4) is 0 Å². The molecule has 3 aromatic rings.